The number of carbonyl (C=O) groups excluding carboxylic acids is 1. The van der Waals surface area contributed by atoms with Crippen molar-refractivity contribution in [3.63, 3.8) is 0 Å². The summed E-state index contributed by atoms with van der Waals surface area (Å²) in [6.07, 6.45) is 0. The van der Waals surface area contributed by atoms with Gasteiger partial charge in [0, 0.05) is 16.8 Å². The van der Waals surface area contributed by atoms with E-state index < -0.39 is 0 Å². The van der Waals surface area contributed by atoms with Crippen molar-refractivity contribution >= 4 is 11.6 Å². The fourth-order valence-corrected chi connectivity index (χ4v) is 3.16. The first kappa shape index (κ1) is 19.4. The Labute approximate surface area is 175 Å². The summed E-state index contributed by atoms with van der Waals surface area (Å²) in [6, 6.07) is 23.3. The second-order valence-electron chi connectivity index (χ2n) is 7.02. The Morgan fingerprint density at radius 2 is 1.63 bits per heavy atom. The number of methoxy groups -OCH3 is 1. The number of nitrogens with zero attached hydrogens (tertiary/aromatic N) is 3. The summed E-state index contributed by atoms with van der Waals surface area (Å²) in [5.74, 6) is 0.548. The zero-order valence-electron chi connectivity index (χ0n) is 17.1. The Balaban J connectivity index is 1.61. The van der Waals surface area contributed by atoms with Crippen molar-refractivity contribution in [1.29, 1.82) is 0 Å². The van der Waals surface area contributed by atoms with Gasteiger partial charge in [0.1, 0.15) is 0 Å². The van der Waals surface area contributed by atoms with E-state index in [1.54, 1.807) is 11.8 Å². The molecular weight excluding hydrogens is 376 g/mol. The number of hydrogen-bond acceptors (Lipinski definition) is 4. The zero-order chi connectivity index (χ0) is 21.1. The number of nitrogens with one attached hydrogen (secondary N) is 1. The molecule has 0 atom stereocenters. The van der Waals surface area contributed by atoms with Crippen molar-refractivity contribution in [2.45, 2.75) is 13.8 Å². The number of hydrogen-bond donors (Lipinski definition) is 1. The number of carbonyl (C=O) groups is 1. The first-order valence-corrected chi connectivity index (χ1v) is 9.60. The van der Waals surface area contributed by atoms with Crippen LogP contribution in [0.25, 0.3) is 17.1 Å². The van der Waals surface area contributed by atoms with Gasteiger partial charge in [-0.1, -0.05) is 48.0 Å². The highest BCUT2D eigenvalue weighted by Crippen LogP contribution is 2.25. The molecule has 0 spiro atoms. The summed E-state index contributed by atoms with van der Waals surface area (Å²) < 4.78 is 6.97. The number of amides is 1. The minimum Gasteiger partial charge on any atom is -0.466 e. The van der Waals surface area contributed by atoms with Crippen LogP contribution >= 0.6 is 0 Å². The number of aromatic nitrogens is 3. The van der Waals surface area contributed by atoms with Gasteiger partial charge in [-0.2, -0.15) is 4.98 Å². The Hall–Kier alpha value is -3.93. The molecule has 30 heavy (non-hydrogen) atoms. The van der Waals surface area contributed by atoms with Crippen molar-refractivity contribution in [3.8, 4) is 23.1 Å². The molecule has 6 heteroatoms. The molecular formula is C24H22N4O2. The number of benzene rings is 3. The van der Waals surface area contributed by atoms with Crippen LogP contribution in [0.4, 0.5) is 5.69 Å². The van der Waals surface area contributed by atoms with Crippen LogP contribution in [-0.4, -0.2) is 27.8 Å². The molecule has 1 amide bonds. The van der Waals surface area contributed by atoms with Crippen molar-refractivity contribution < 1.29 is 9.53 Å². The van der Waals surface area contributed by atoms with E-state index in [0.29, 0.717) is 23.1 Å². The quantitative estimate of drug-likeness (QED) is 0.524. The Morgan fingerprint density at radius 3 is 2.30 bits per heavy atom. The molecule has 1 heterocycles. The summed E-state index contributed by atoms with van der Waals surface area (Å²) in [5, 5.41) is 7.38. The van der Waals surface area contributed by atoms with Crippen molar-refractivity contribution in [2.24, 2.45) is 0 Å². The molecule has 0 bridgehead atoms. The van der Waals surface area contributed by atoms with Gasteiger partial charge in [0.05, 0.1) is 12.8 Å². The van der Waals surface area contributed by atoms with Gasteiger partial charge < -0.3 is 10.1 Å². The van der Waals surface area contributed by atoms with E-state index >= 15 is 0 Å². The maximum absolute atomic E-state index is 12.5. The van der Waals surface area contributed by atoms with Gasteiger partial charge in [-0.15, -0.1) is 5.10 Å². The molecule has 150 valence electrons. The average molecular weight is 398 g/mol. The standard InChI is InChI=1S/C24H22N4O2/c1-16-8-10-18(11-9-16)22-26-24(30-3)27-28(22)20-14-12-19(13-15-20)25-23(29)21-7-5-4-6-17(21)2/h4-15H,1-3H3,(H,25,29). The highest BCUT2D eigenvalue weighted by Gasteiger charge is 2.15. The Morgan fingerprint density at radius 1 is 0.933 bits per heavy atom. The number of ether oxygens (including phenoxy) is 1. The van der Waals surface area contributed by atoms with Crippen molar-refractivity contribution in [2.75, 3.05) is 12.4 Å². The number of rotatable bonds is 5. The summed E-state index contributed by atoms with van der Waals surface area (Å²) in [5.41, 5.74) is 5.22. The fourth-order valence-electron chi connectivity index (χ4n) is 3.16. The molecule has 0 fully saturated rings. The predicted molar refractivity (Wildman–Crippen MR) is 117 cm³/mol. The molecule has 4 aromatic rings. The first-order valence-electron chi connectivity index (χ1n) is 9.60. The van der Waals surface area contributed by atoms with E-state index in [9.17, 15) is 4.79 Å². The molecule has 0 saturated heterocycles. The molecule has 0 aliphatic carbocycles. The predicted octanol–water partition coefficient (Wildman–Crippen LogP) is 4.81. The molecule has 0 unspecified atom stereocenters. The third kappa shape index (κ3) is 3.93. The summed E-state index contributed by atoms with van der Waals surface area (Å²) in [4.78, 5) is 17.0. The highest BCUT2D eigenvalue weighted by molar-refractivity contribution is 6.05. The SMILES string of the molecule is COc1nc(-c2ccc(C)cc2)n(-c2ccc(NC(=O)c3ccccc3C)cc2)n1. The van der Waals surface area contributed by atoms with E-state index in [0.717, 1.165) is 16.8 Å². The molecule has 1 N–H and O–H groups in total. The lowest BCUT2D eigenvalue weighted by molar-refractivity contribution is 0.102. The third-order valence-electron chi connectivity index (χ3n) is 4.84. The normalized spacial score (nSPS) is 10.6. The van der Waals surface area contributed by atoms with Crippen LogP contribution < -0.4 is 10.1 Å². The minimum atomic E-state index is -0.136. The minimum absolute atomic E-state index is 0.136. The van der Waals surface area contributed by atoms with Gasteiger partial charge in [-0.3, -0.25) is 4.79 Å². The highest BCUT2D eigenvalue weighted by atomic mass is 16.5. The van der Waals surface area contributed by atoms with Crippen LogP contribution in [0, 0.1) is 13.8 Å². The molecule has 0 aliphatic heterocycles. The molecule has 1 aromatic heterocycles. The molecule has 3 aromatic carbocycles. The maximum atomic E-state index is 12.5. The van der Waals surface area contributed by atoms with Crippen LogP contribution in [0.1, 0.15) is 21.5 Å². The lowest BCUT2D eigenvalue weighted by atomic mass is 10.1. The van der Waals surface area contributed by atoms with E-state index in [-0.39, 0.29) is 5.91 Å². The van der Waals surface area contributed by atoms with Gasteiger partial charge in [-0.25, -0.2) is 4.68 Å². The van der Waals surface area contributed by atoms with Crippen LogP contribution in [0.2, 0.25) is 0 Å². The monoisotopic (exact) mass is 398 g/mol. The van der Waals surface area contributed by atoms with E-state index in [2.05, 4.69) is 15.4 Å². The maximum Gasteiger partial charge on any atom is 0.336 e. The first-order chi connectivity index (χ1) is 14.5. The molecule has 0 saturated carbocycles. The van der Waals surface area contributed by atoms with Gasteiger partial charge in [0.2, 0.25) is 0 Å². The summed E-state index contributed by atoms with van der Waals surface area (Å²) in [7, 11) is 1.54. The van der Waals surface area contributed by atoms with Crippen LogP contribution in [0.3, 0.4) is 0 Å². The van der Waals surface area contributed by atoms with Crippen molar-refractivity contribution in [1.82, 2.24) is 14.8 Å². The largest absolute Gasteiger partial charge is 0.466 e. The van der Waals surface area contributed by atoms with Gasteiger partial charge in [0.15, 0.2) is 5.82 Å². The smallest absolute Gasteiger partial charge is 0.336 e. The Kier molecular flexibility index (Phi) is 5.30. The lowest BCUT2D eigenvalue weighted by Gasteiger charge is -2.09. The Bertz CT molecular complexity index is 1180. The van der Waals surface area contributed by atoms with Gasteiger partial charge in [0.25, 0.3) is 5.91 Å². The topological polar surface area (TPSA) is 69.0 Å². The summed E-state index contributed by atoms with van der Waals surface area (Å²) >= 11 is 0. The molecule has 0 radical (unpaired) electrons. The van der Waals surface area contributed by atoms with Crippen LogP contribution in [0.5, 0.6) is 6.01 Å². The second-order valence-corrected chi connectivity index (χ2v) is 7.02. The van der Waals surface area contributed by atoms with Gasteiger partial charge in [-0.05, 0) is 49.7 Å². The van der Waals surface area contributed by atoms with Crippen LogP contribution in [-0.2, 0) is 0 Å². The fraction of sp³-hybridized carbons (Fsp3) is 0.125. The molecule has 4 rings (SSSR count). The van der Waals surface area contributed by atoms with Crippen LogP contribution in [0.15, 0.2) is 72.8 Å². The average Bonchev–Trinajstić information content (AvgIpc) is 3.19. The molecule has 0 aliphatic rings. The summed E-state index contributed by atoms with van der Waals surface area (Å²) in [6.45, 7) is 3.96. The lowest BCUT2D eigenvalue weighted by Crippen LogP contribution is -2.13. The van der Waals surface area contributed by atoms with E-state index in [1.807, 2.05) is 86.6 Å². The van der Waals surface area contributed by atoms with Gasteiger partial charge >= 0.3 is 6.01 Å². The molecule has 6 nitrogen and oxygen atoms in total. The van der Waals surface area contributed by atoms with E-state index in [4.69, 9.17) is 4.74 Å². The second kappa shape index (κ2) is 8.21. The number of anilines is 1. The van der Waals surface area contributed by atoms with Crippen molar-refractivity contribution in [3.05, 3.63) is 89.5 Å². The van der Waals surface area contributed by atoms with E-state index in [1.165, 1.54) is 5.56 Å². The zero-order valence-corrected chi connectivity index (χ0v) is 17.1. The third-order valence-corrected chi connectivity index (χ3v) is 4.84. The number of aryl methyl sites for hydroxylation is 2.